The fourth-order valence-electron chi connectivity index (χ4n) is 1.49. The maximum atomic E-state index is 8.46. The van der Waals surface area contributed by atoms with Gasteiger partial charge in [0, 0.05) is 6.04 Å². The Balaban J connectivity index is 2.27. The molecule has 0 aromatic carbocycles. The molecule has 1 N–H and O–H groups in total. The van der Waals surface area contributed by atoms with Gasteiger partial charge in [-0.25, -0.2) is 0 Å². The van der Waals surface area contributed by atoms with Crippen LogP contribution >= 0.6 is 0 Å². The number of hydrogen-bond acceptors (Lipinski definition) is 3. The minimum Gasteiger partial charge on any atom is -0.317 e. The molecule has 1 aliphatic heterocycles. The van der Waals surface area contributed by atoms with Crippen LogP contribution in [0.5, 0.6) is 0 Å². The van der Waals surface area contributed by atoms with E-state index in [0.29, 0.717) is 12.6 Å². The summed E-state index contributed by atoms with van der Waals surface area (Å²) in [4.78, 5) is 2.14. The number of nitriles is 1. The van der Waals surface area contributed by atoms with Crippen molar-refractivity contribution in [2.45, 2.75) is 18.9 Å². The highest BCUT2D eigenvalue weighted by atomic mass is 15.1. The van der Waals surface area contributed by atoms with Crippen molar-refractivity contribution in [2.75, 3.05) is 26.7 Å². The molecular formula is C8H15N3. The smallest absolute Gasteiger partial charge is 0.0865 e. The zero-order valence-corrected chi connectivity index (χ0v) is 7.01. The summed E-state index contributed by atoms with van der Waals surface area (Å²) in [7, 11) is 2.03. The Morgan fingerprint density at radius 1 is 1.55 bits per heavy atom. The lowest BCUT2D eigenvalue weighted by atomic mass is 10.1. The molecule has 1 fully saturated rings. The standard InChI is InChI=1S/C8H15N3/c1-11(7-4-9)8-2-5-10-6-3-8/h8,10H,2-3,5-7H2,1H3. The minimum absolute atomic E-state index is 0.560. The van der Waals surface area contributed by atoms with E-state index in [1.807, 2.05) is 7.05 Å². The van der Waals surface area contributed by atoms with Crippen molar-refractivity contribution in [3.05, 3.63) is 0 Å². The van der Waals surface area contributed by atoms with Crippen LogP contribution in [0.1, 0.15) is 12.8 Å². The lowest BCUT2D eigenvalue weighted by molar-refractivity contribution is 0.219. The van der Waals surface area contributed by atoms with Gasteiger partial charge in [-0.05, 0) is 33.0 Å². The van der Waals surface area contributed by atoms with Gasteiger partial charge in [0.15, 0.2) is 0 Å². The van der Waals surface area contributed by atoms with Crippen LogP contribution in [0, 0.1) is 11.3 Å². The lowest BCUT2D eigenvalue weighted by Crippen LogP contribution is -2.41. The van der Waals surface area contributed by atoms with Crippen molar-refractivity contribution in [1.29, 1.82) is 5.26 Å². The van der Waals surface area contributed by atoms with E-state index >= 15 is 0 Å². The number of hydrogen-bond donors (Lipinski definition) is 1. The van der Waals surface area contributed by atoms with Gasteiger partial charge >= 0.3 is 0 Å². The van der Waals surface area contributed by atoms with Crippen LogP contribution in [0.4, 0.5) is 0 Å². The summed E-state index contributed by atoms with van der Waals surface area (Å²) in [6.07, 6.45) is 2.36. The molecule has 0 aromatic heterocycles. The van der Waals surface area contributed by atoms with Crippen LogP contribution in [-0.4, -0.2) is 37.6 Å². The van der Waals surface area contributed by atoms with Crippen LogP contribution in [0.25, 0.3) is 0 Å². The molecule has 0 spiro atoms. The van der Waals surface area contributed by atoms with Crippen molar-refractivity contribution >= 4 is 0 Å². The van der Waals surface area contributed by atoms with Crippen LogP contribution in [-0.2, 0) is 0 Å². The van der Waals surface area contributed by atoms with Gasteiger partial charge in [0.25, 0.3) is 0 Å². The molecule has 0 bridgehead atoms. The molecule has 3 heteroatoms. The van der Waals surface area contributed by atoms with Crippen molar-refractivity contribution in [2.24, 2.45) is 0 Å². The highest BCUT2D eigenvalue weighted by Gasteiger charge is 2.16. The predicted octanol–water partition coefficient (Wildman–Crippen LogP) is 0.194. The van der Waals surface area contributed by atoms with Gasteiger partial charge in [0.2, 0.25) is 0 Å². The van der Waals surface area contributed by atoms with Crippen molar-refractivity contribution in [3.63, 3.8) is 0 Å². The molecule has 11 heavy (non-hydrogen) atoms. The third-order valence-corrected chi connectivity index (χ3v) is 2.25. The van der Waals surface area contributed by atoms with Crippen LogP contribution < -0.4 is 5.32 Å². The molecule has 0 aliphatic carbocycles. The van der Waals surface area contributed by atoms with E-state index in [4.69, 9.17) is 5.26 Å². The van der Waals surface area contributed by atoms with Gasteiger partial charge in [-0.2, -0.15) is 5.26 Å². The van der Waals surface area contributed by atoms with Gasteiger partial charge in [0.05, 0.1) is 12.6 Å². The number of piperidine rings is 1. The Labute approximate surface area is 68.0 Å². The van der Waals surface area contributed by atoms with Crippen LogP contribution in [0.3, 0.4) is 0 Å². The van der Waals surface area contributed by atoms with Crippen LogP contribution in [0.15, 0.2) is 0 Å². The first-order chi connectivity index (χ1) is 5.34. The van der Waals surface area contributed by atoms with Crippen LogP contribution in [0.2, 0.25) is 0 Å². The summed E-state index contributed by atoms with van der Waals surface area (Å²) in [5.41, 5.74) is 0. The van der Waals surface area contributed by atoms with E-state index in [-0.39, 0.29) is 0 Å². The molecule has 0 amide bonds. The Morgan fingerprint density at radius 3 is 2.73 bits per heavy atom. The molecule has 0 atom stereocenters. The van der Waals surface area contributed by atoms with E-state index in [0.717, 1.165) is 13.1 Å². The van der Waals surface area contributed by atoms with Crippen molar-refractivity contribution in [3.8, 4) is 6.07 Å². The fourth-order valence-corrected chi connectivity index (χ4v) is 1.49. The highest BCUT2D eigenvalue weighted by Crippen LogP contribution is 2.08. The fraction of sp³-hybridized carbons (Fsp3) is 0.875. The zero-order chi connectivity index (χ0) is 8.10. The molecule has 0 saturated carbocycles. The van der Waals surface area contributed by atoms with E-state index < -0.39 is 0 Å². The molecule has 1 heterocycles. The van der Waals surface area contributed by atoms with Crippen molar-refractivity contribution < 1.29 is 0 Å². The second kappa shape index (κ2) is 4.32. The van der Waals surface area contributed by atoms with E-state index in [1.165, 1.54) is 12.8 Å². The number of nitrogens with zero attached hydrogens (tertiary/aromatic N) is 2. The number of nitrogens with one attached hydrogen (secondary N) is 1. The second-order valence-electron chi connectivity index (χ2n) is 3.05. The van der Waals surface area contributed by atoms with Gasteiger partial charge in [-0.3, -0.25) is 4.90 Å². The second-order valence-corrected chi connectivity index (χ2v) is 3.05. The maximum Gasteiger partial charge on any atom is 0.0865 e. The summed E-state index contributed by atoms with van der Waals surface area (Å²) < 4.78 is 0. The first-order valence-corrected chi connectivity index (χ1v) is 4.12. The molecule has 0 radical (unpaired) electrons. The average molecular weight is 153 g/mol. The van der Waals surface area contributed by atoms with Gasteiger partial charge in [-0.1, -0.05) is 0 Å². The van der Waals surface area contributed by atoms with E-state index in [9.17, 15) is 0 Å². The Kier molecular flexibility index (Phi) is 3.34. The molecule has 3 nitrogen and oxygen atoms in total. The number of rotatable bonds is 2. The van der Waals surface area contributed by atoms with Gasteiger partial charge in [0.1, 0.15) is 0 Å². The first-order valence-electron chi connectivity index (χ1n) is 4.12. The lowest BCUT2D eigenvalue weighted by Gasteiger charge is -2.29. The molecule has 1 aliphatic rings. The molecular weight excluding hydrogens is 138 g/mol. The molecule has 1 rings (SSSR count). The summed E-state index contributed by atoms with van der Waals surface area (Å²) in [5.74, 6) is 0. The Bertz CT molecular complexity index is 144. The molecule has 62 valence electrons. The topological polar surface area (TPSA) is 39.1 Å². The molecule has 1 saturated heterocycles. The summed E-state index contributed by atoms with van der Waals surface area (Å²) >= 11 is 0. The molecule has 0 unspecified atom stereocenters. The molecule has 0 aromatic rings. The van der Waals surface area contributed by atoms with Gasteiger partial charge in [-0.15, -0.1) is 0 Å². The highest BCUT2D eigenvalue weighted by molar-refractivity contribution is 4.82. The SMILES string of the molecule is CN(CC#N)C1CCNCC1. The summed E-state index contributed by atoms with van der Waals surface area (Å²) in [5, 5.41) is 11.8. The van der Waals surface area contributed by atoms with E-state index in [2.05, 4.69) is 16.3 Å². The maximum absolute atomic E-state index is 8.46. The predicted molar refractivity (Wildman–Crippen MR) is 44.1 cm³/mol. The quantitative estimate of drug-likeness (QED) is 0.576. The normalized spacial score (nSPS) is 20.1. The minimum atomic E-state index is 0.560. The first kappa shape index (κ1) is 8.51. The van der Waals surface area contributed by atoms with Gasteiger partial charge < -0.3 is 5.32 Å². The Hall–Kier alpha value is -0.590. The van der Waals surface area contributed by atoms with Crippen molar-refractivity contribution in [1.82, 2.24) is 10.2 Å². The van der Waals surface area contributed by atoms with E-state index in [1.54, 1.807) is 0 Å². The summed E-state index contributed by atoms with van der Waals surface area (Å²) in [6.45, 7) is 2.76. The zero-order valence-electron chi connectivity index (χ0n) is 7.01. The monoisotopic (exact) mass is 153 g/mol. The average Bonchev–Trinajstić information content (AvgIpc) is 2.07. The Morgan fingerprint density at radius 2 is 2.18 bits per heavy atom. The third-order valence-electron chi connectivity index (χ3n) is 2.25. The summed E-state index contributed by atoms with van der Waals surface area (Å²) in [6, 6.07) is 2.79. The largest absolute Gasteiger partial charge is 0.317 e. The third kappa shape index (κ3) is 2.49.